The van der Waals surface area contributed by atoms with Crippen LogP contribution in [0.25, 0.3) is 17.1 Å². The number of carbonyl (C=O) groups is 1. The van der Waals surface area contributed by atoms with E-state index in [2.05, 4.69) is 21.5 Å². The van der Waals surface area contributed by atoms with Crippen molar-refractivity contribution in [3.05, 3.63) is 59.9 Å². The van der Waals surface area contributed by atoms with E-state index < -0.39 is 0 Å². The molecule has 1 atom stereocenters. The number of carbonyl (C=O) groups excluding carboxylic acids is 1. The lowest BCUT2D eigenvalue weighted by atomic mass is 10.1. The van der Waals surface area contributed by atoms with Crippen LogP contribution in [0.1, 0.15) is 30.8 Å². The van der Waals surface area contributed by atoms with Gasteiger partial charge in [-0.15, -0.1) is 0 Å². The maximum Gasteiger partial charge on any atom is 0.244 e. The molecule has 158 valence electrons. The topological polar surface area (TPSA) is 76.2 Å². The lowest BCUT2D eigenvalue weighted by Crippen LogP contribution is -2.28. The second-order valence-electron chi connectivity index (χ2n) is 6.66. The van der Waals surface area contributed by atoms with Crippen LogP contribution in [0.3, 0.4) is 0 Å². The Balaban J connectivity index is 1.72. The summed E-state index contributed by atoms with van der Waals surface area (Å²) in [4.78, 5) is 20.6. The summed E-state index contributed by atoms with van der Waals surface area (Å²) in [7, 11) is 1.60. The number of H-pyrrole nitrogens is 1. The standard InChI is InChI=1S/C23H27N3O3S/c1-4-29-20-11-9-16(15-21(20)28-2)10-12-22(27)24-19(13-14-30-3)23-25-17-7-5-6-8-18(17)26-23/h5-12,15,19H,4,13-14H2,1-3H3,(H,24,27)(H,25,26). The first-order chi connectivity index (χ1) is 14.6. The highest BCUT2D eigenvalue weighted by Gasteiger charge is 2.17. The van der Waals surface area contributed by atoms with Crippen LogP contribution in [-0.2, 0) is 4.79 Å². The van der Waals surface area contributed by atoms with Crippen LogP contribution in [-0.4, -0.2) is 41.6 Å². The van der Waals surface area contributed by atoms with E-state index in [1.54, 1.807) is 24.9 Å². The quantitative estimate of drug-likeness (QED) is 0.465. The number of nitrogens with zero attached hydrogens (tertiary/aromatic N) is 1. The predicted octanol–water partition coefficient (Wildman–Crippen LogP) is 4.59. The molecule has 30 heavy (non-hydrogen) atoms. The summed E-state index contributed by atoms with van der Waals surface area (Å²) in [5.41, 5.74) is 2.72. The van der Waals surface area contributed by atoms with Crippen molar-refractivity contribution in [2.24, 2.45) is 0 Å². The van der Waals surface area contributed by atoms with Gasteiger partial charge >= 0.3 is 0 Å². The zero-order valence-corrected chi connectivity index (χ0v) is 18.3. The van der Waals surface area contributed by atoms with E-state index in [9.17, 15) is 4.79 Å². The molecule has 1 heterocycles. The second kappa shape index (κ2) is 10.7. The molecule has 0 saturated heterocycles. The van der Waals surface area contributed by atoms with Crippen molar-refractivity contribution in [2.75, 3.05) is 25.7 Å². The molecule has 0 spiro atoms. The first-order valence-electron chi connectivity index (χ1n) is 9.87. The number of fused-ring (bicyclic) bond motifs is 1. The van der Waals surface area contributed by atoms with E-state index in [0.29, 0.717) is 18.1 Å². The number of hydrogen-bond donors (Lipinski definition) is 2. The van der Waals surface area contributed by atoms with Gasteiger partial charge in [-0.05, 0) is 61.3 Å². The van der Waals surface area contributed by atoms with Gasteiger partial charge in [-0.2, -0.15) is 11.8 Å². The lowest BCUT2D eigenvalue weighted by molar-refractivity contribution is -0.117. The zero-order valence-electron chi connectivity index (χ0n) is 17.5. The fourth-order valence-electron chi connectivity index (χ4n) is 3.10. The van der Waals surface area contributed by atoms with Gasteiger partial charge in [0.1, 0.15) is 5.82 Å². The summed E-state index contributed by atoms with van der Waals surface area (Å²) in [6.07, 6.45) is 6.13. The van der Waals surface area contributed by atoms with Gasteiger partial charge < -0.3 is 19.8 Å². The van der Waals surface area contributed by atoms with E-state index >= 15 is 0 Å². The number of imidazole rings is 1. The molecule has 0 aliphatic carbocycles. The number of ether oxygens (including phenoxy) is 2. The zero-order chi connectivity index (χ0) is 21.3. The molecule has 0 saturated carbocycles. The maximum atomic E-state index is 12.6. The van der Waals surface area contributed by atoms with Crippen LogP contribution < -0.4 is 14.8 Å². The molecule has 2 N–H and O–H groups in total. The molecule has 0 aliphatic rings. The highest BCUT2D eigenvalue weighted by molar-refractivity contribution is 7.98. The number of benzene rings is 2. The number of nitrogens with one attached hydrogen (secondary N) is 2. The number of aromatic nitrogens is 2. The predicted molar refractivity (Wildman–Crippen MR) is 123 cm³/mol. The van der Waals surface area contributed by atoms with Crippen molar-refractivity contribution in [2.45, 2.75) is 19.4 Å². The highest BCUT2D eigenvalue weighted by Crippen LogP contribution is 2.28. The van der Waals surface area contributed by atoms with E-state index in [4.69, 9.17) is 9.47 Å². The van der Waals surface area contributed by atoms with Crippen molar-refractivity contribution in [1.29, 1.82) is 0 Å². The molecule has 3 aromatic rings. The number of amides is 1. The van der Waals surface area contributed by atoms with Crippen LogP contribution in [0.2, 0.25) is 0 Å². The summed E-state index contributed by atoms with van der Waals surface area (Å²) < 4.78 is 10.9. The first-order valence-corrected chi connectivity index (χ1v) is 11.3. The van der Waals surface area contributed by atoms with E-state index in [0.717, 1.165) is 34.6 Å². The Bertz CT molecular complexity index is 983. The van der Waals surface area contributed by atoms with E-state index in [1.807, 2.05) is 49.4 Å². The summed E-state index contributed by atoms with van der Waals surface area (Å²) in [6, 6.07) is 13.3. The van der Waals surface area contributed by atoms with Gasteiger partial charge in [0.2, 0.25) is 5.91 Å². The Hall–Kier alpha value is -2.93. The average molecular weight is 426 g/mol. The van der Waals surface area contributed by atoms with Crippen molar-refractivity contribution >= 4 is 34.8 Å². The third kappa shape index (κ3) is 5.57. The number of thioether (sulfide) groups is 1. The normalized spacial score (nSPS) is 12.2. The minimum atomic E-state index is -0.183. The van der Waals surface area contributed by atoms with Gasteiger partial charge in [0.15, 0.2) is 11.5 Å². The molecular formula is C23H27N3O3S. The molecule has 3 rings (SSSR count). The molecule has 1 aromatic heterocycles. The number of rotatable bonds is 10. The SMILES string of the molecule is CCOc1ccc(C=CC(=O)NC(CCSC)c2nc3ccccc3[nH]2)cc1OC. The molecule has 0 fully saturated rings. The molecule has 0 aliphatic heterocycles. The lowest BCUT2D eigenvalue weighted by Gasteiger charge is -2.15. The highest BCUT2D eigenvalue weighted by atomic mass is 32.2. The Morgan fingerprint density at radius 3 is 2.83 bits per heavy atom. The number of methoxy groups -OCH3 is 1. The molecule has 1 amide bonds. The molecule has 6 nitrogen and oxygen atoms in total. The second-order valence-corrected chi connectivity index (χ2v) is 7.64. The van der Waals surface area contributed by atoms with Gasteiger partial charge in [0, 0.05) is 6.08 Å². The smallest absolute Gasteiger partial charge is 0.244 e. The minimum Gasteiger partial charge on any atom is -0.493 e. The fraction of sp³-hybridized carbons (Fsp3) is 0.304. The van der Waals surface area contributed by atoms with Gasteiger partial charge in [-0.25, -0.2) is 4.98 Å². The monoisotopic (exact) mass is 425 g/mol. The number of hydrogen-bond acceptors (Lipinski definition) is 5. The van der Waals surface area contributed by atoms with Gasteiger partial charge in [-0.3, -0.25) is 4.79 Å². The fourth-order valence-corrected chi connectivity index (χ4v) is 3.58. The molecule has 1 unspecified atom stereocenters. The largest absolute Gasteiger partial charge is 0.493 e. The first kappa shape index (κ1) is 21.8. The van der Waals surface area contributed by atoms with Crippen LogP contribution in [0.5, 0.6) is 11.5 Å². The molecule has 0 radical (unpaired) electrons. The average Bonchev–Trinajstić information content (AvgIpc) is 3.20. The van der Waals surface area contributed by atoms with Crippen molar-refractivity contribution in [3.8, 4) is 11.5 Å². The Morgan fingerprint density at radius 1 is 1.27 bits per heavy atom. The third-order valence-electron chi connectivity index (χ3n) is 4.58. The maximum absolute atomic E-state index is 12.6. The van der Waals surface area contributed by atoms with Crippen molar-refractivity contribution in [3.63, 3.8) is 0 Å². The van der Waals surface area contributed by atoms with Gasteiger partial charge in [-0.1, -0.05) is 18.2 Å². The van der Waals surface area contributed by atoms with Gasteiger partial charge in [0.05, 0.1) is 30.8 Å². The van der Waals surface area contributed by atoms with Crippen LogP contribution in [0, 0.1) is 0 Å². The Kier molecular flexibility index (Phi) is 7.79. The molecular weight excluding hydrogens is 398 g/mol. The minimum absolute atomic E-state index is 0.172. The molecule has 2 aromatic carbocycles. The van der Waals surface area contributed by atoms with E-state index in [-0.39, 0.29) is 11.9 Å². The van der Waals surface area contributed by atoms with Gasteiger partial charge in [0.25, 0.3) is 0 Å². The molecule has 7 heteroatoms. The number of aromatic amines is 1. The van der Waals surface area contributed by atoms with Crippen LogP contribution in [0.4, 0.5) is 0 Å². The van der Waals surface area contributed by atoms with E-state index in [1.165, 1.54) is 6.08 Å². The Morgan fingerprint density at radius 2 is 2.10 bits per heavy atom. The summed E-state index contributed by atoms with van der Waals surface area (Å²) >= 11 is 1.74. The van der Waals surface area contributed by atoms with Crippen LogP contribution in [0.15, 0.2) is 48.5 Å². The van der Waals surface area contributed by atoms with Crippen LogP contribution >= 0.6 is 11.8 Å². The number of para-hydroxylation sites is 2. The molecule has 0 bridgehead atoms. The third-order valence-corrected chi connectivity index (χ3v) is 5.22. The van der Waals surface area contributed by atoms with Crippen molar-refractivity contribution in [1.82, 2.24) is 15.3 Å². The summed E-state index contributed by atoms with van der Waals surface area (Å²) in [6.45, 7) is 2.49. The Labute approximate surface area is 181 Å². The van der Waals surface area contributed by atoms with Crippen molar-refractivity contribution < 1.29 is 14.3 Å². The summed E-state index contributed by atoms with van der Waals surface area (Å²) in [5, 5.41) is 3.07. The summed E-state index contributed by atoms with van der Waals surface area (Å²) in [5.74, 6) is 2.84.